The van der Waals surface area contributed by atoms with Gasteiger partial charge in [-0.15, -0.1) is 0 Å². The monoisotopic (exact) mass is 358 g/mol. The quantitative estimate of drug-likeness (QED) is 0.566. The maximum atomic E-state index is 12.8. The van der Waals surface area contributed by atoms with Crippen molar-refractivity contribution in [3.63, 3.8) is 0 Å². The summed E-state index contributed by atoms with van der Waals surface area (Å²) in [5.74, 6) is 0.149. The Kier molecular flexibility index (Phi) is 4.68. The number of aromatic nitrogens is 1. The van der Waals surface area contributed by atoms with Crippen LogP contribution in [0.15, 0.2) is 83.5 Å². The highest BCUT2D eigenvalue weighted by Gasteiger charge is 2.16. The molecule has 1 amide bonds. The SMILES string of the molecule is O=C(NCC(O)c1ccco1)c1cc(-c2ccccc2)nc2ccccc12. The van der Waals surface area contributed by atoms with E-state index in [4.69, 9.17) is 4.42 Å². The second kappa shape index (κ2) is 7.43. The van der Waals surface area contributed by atoms with Gasteiger partial charge in [0.2, 0.25) is 0 Å². The number of amides is 1. The van der Waals surface area contributed by atoms with Gasteiger partial charge in [-0.2, -0.15) is 0 Å². The fourth-order valence-corrected chi connectivity index (χ4v) is 2.99. The average molecular weight is 358 g/mol. The second-order valence-electron chi connectivity index (χ2n) is 6.18. The molecule has 0 aliphatic carbocycles. The molecule has 0 bridgehead atoms. The standard InChI is InChI=1S/C22H18N2O3/c25-20(21-11-6-12-27-21)14-23-22(26)17-13-19(15-7-2-1-3-8-15)24-18-10-5-4-9-16(17)18/h1-13,20,25H,14H2,(H,23,26). The van der Waals surface area contributed by atoms with Gasteiger partial charge in [-0.3, -0.25) is 4.79 Å². The predicted octanol–water partition coefficient (Wildman–Crippen LogP) is 3.96. The van der Waals surface area contributed by atoms with Crippen LogP contribution in [0.2, 0.25) is 0 Å². The van der Waals surface area contributed by atoms with Gasteiger partial charge in [0.15, 0.2) is 0 Å². The third-order valence-corrected chi connectivity index (χ3v) is 4.36. The summed E-state index contributed by atoms with van der Waals surface area (Å²) in [7, 11) is 0. The zero-order chi connectivity index (χ0) is 18.6. The van der Waals surface area contributed by atoms with Crippen molar-refractivity contribution in [2.75, 3.05) is 6.54 Å². The van der Waals surface area contributed by atoms with Crippen LogP contribution in [0, 0.1) is 0 Å². The van der Waals surface area contributed by atoms with Crippen LogP contribution in [-0.4, -0.2) is 22.5 Å². The fourth-order valence-electron chi connectivity index (χ4n) is 2.99. The summed E-state index contributed by atoms with van der Waals surface area (Å²) < 4.78 is 5.17. The predicted molar refractivity (Wildman–Crippen MR) is 103 cm³/mol. The molecule has 2 N–H and O–H groups in total. The van der Waals surface area contributed by atoms with Crippen molar-refractivity contribution in [2.24, 2.45) is 0 Å². The molecule has 0 radical (unpaired) electrons. The Morgan fingerprint density at radius 2 is 1.81 bits per heavy atom. The molecule has 0 aliphatic heterocycles. The number of carbonyl (C=O) groups excluding carboxylic acids is 1. The third kappa shape index (κ3) is 3.59. The minimum Gasteiger partial charge on any atom is -0.467 e. The average Bonchev–Trinajstić information content (AvgIpc) is 3.26. The molecule has 4 rings (SSSR count). The molecule has 0 fully saturated rings. The van der Waals surface area contributed by atoms with E-state index in [1.807, 2.05) is 54.6 Å². The van der Waals surface area contributed by atoms with Crippen LogP contribution in [0.5, 0.6) is 0 Å². The second-order valence-corrected chi connectivity index (χ2v) is 6.18. The van der Waals surface area contributed by atoms with E-state index < -0.39 is 6.10 Å². The topological polar surface area (TPSA) is 75.4 Å². The van der Waals surface area contributed by atoms with Gasteiger partial charge in [0, 0.05) is 10.9 Å². The summed E-state index contributed by atoms with van der Waals surface area (Å²) in [5, 5.41) is 13.7. The number of para-hydroxylation sites is 1. The first kappa shape index (κ1) is 17.0. The van der Waals surface area contributed by atoms with E-state index in [9.17, 15) is 9.90 Å². The molecule has 5 heteroatoms. The number of carbonyl (C=O) groups is 1. The van der Waals surface area contributed by atoms with Gasteiger partial charge in [0.1, 0.15) is 11.9 Å². The molecule has 1 unspecified atom stereocenters. The molecule has 0 spiro atoms. The van der Waals surface area contributed by atoms with Gasteiger partial charge in [0.05, 0.1) is 29.6 Å². The summed E-state index contributed by atoms with van der Waals surface area (Å²) in [6.07, 6.45) is 0.591. The number of rotatable bonds is 5. The van der Waals surface area contributed by atoms with E-state index in [0.717, 1.165) is 22.2 Å². The van der Waals surface area contributed by atoms with Gasteiger partial charge in [-0.1, -0.05) is 48.5 Å². The van der Waals surface area contributed by atoms with Crippen molar-refractivity contribution < 1.29 is 14.3 Å². The highest BCUT2D eigenvalue weighted by atomic mass is 16.4. The molecule has 4 aromatic rings. The lowest BCUT2D eigenvalue weighted by Crippen LogP contribution is -2.28. The number of pyridine rings is 1. The van der Waals surface area contributed by atoms with Crippen LogP contribution in [-0.2, 0) is 0 Å². The summed E-state index contributed by atoms with van der Waals surface area (Å²) >= 11 is 0. The highest BCUT2D eigenvalue weighted by molar-refractivity contribution is 6.07. The highest BCUT2D eigenvalue weighted by Crippen LogP contribution is 2.25. The first-order valence-corrected chi connectivity index (χ1v) is 8.67. The van der Waals surface area contributed by atoms with Crippen molar-refractivity contribution in [2.45, 2.75) is 6.10 Å². The van der Waals surface area contributed by atoms with Crippen LogP contribution in [0.25, 0.3) is 22.2 Å². The number of hydrogen-bond acceptors (Lipinski definition) is 4. The molecule has 134 valence electrons. The van der Waals surface area contributed by atoms with Crippen LogP contribution in [0.4, 0.5) is 0 Å². The Balaban J connectivity index is 1.66. The number of furan rings is 1. The van der Waals surface area contributed by atoms with Crippen molar-refractivity contribution in [3.05, 3.63) is 90.4 Å². The minimum atomic E-state index is -0.898. The summed E-state index contributed by atoms with van der Waals surface area (Å²) in [6.45, 7) is 0.0592. The molecule has 2 aromatic heterocycles. The smallest absolute Gasteiger partial charge is 0.252 e. The van der Waals surface area contributed by atoms with E-state index in [0.29, 0.717) is 11.3 Å². The molecule has 0 saturated heterocycles. The van der Waals surface area contributed by atoms with E-state index in [2.05, 4.69) is 10.3 Å². The van der Waals surface area contributed by atoms with Gasteiger partial charge < -0.3 is 14.8 Å². The summed E-state index contributed by atoms with van der Waals surface area (Å²) in [6, 6.07) is 22.4. The third-order valence-electron chi connectivity index (χ3n) is 4.36. The Labute approximate surface area is 156 Å². The maximum absolute atomic E-state index is 12.8. The largest absolute Gasteiger partial charge is 0.467 e. The van der Waals surface area contributed by atoms with Crippen LogP contribution < -0.4 is 5.32 Å². The molecule has 1 atom stereocenters. The number of aliphatic hydroxyl groups excluding tert-OH is 1. The number of fused-ring (bicyclic) bond motifs is 1. The number of nitrogens with one attached hydrogen (secondary N) is 1. The fraction of sp³-hybridized carbons (Fsp3) is 0.0909. The Hall–Kier alpha value is -3.44. The zero-order valence-electron chi connectivity index (χ0n) is 14.5. The molecular weight excluding hydrogens is 340 g/mol. The van der Waals surface area contributed by atoms with E-state index in [1.165, 1.54) is 6.26 Å². The molecule has 5 nitrogen and oxygen atoms in total. The summed E-state index contributed by atoms with van der Waals surface area (Å²) in [4.78, 5) is 17.5. The first-order valence-electron chi connectivity index (χ1n) is 8.67. The van der Waals surface area contributed by atoms with Gasteiger partial charge in [-0.05, 0) is 24.3 Å². The Morgan fingerprint density at radius 1 is 1.04 bits per heavy atom. The lowest BCUT2D eigenvalue weighted by Gasteiger charge is -2.12. The van der Waals surface area contributed by atoms with E-state index >= 15 is 0 Å². The van der Waals surface area contributed by atoms with Crippen LogP contribution in [0.3, 0.4) is 0 Å². The van der Waals surface area contributed by atoms with Crippen LogP contribution >= 0.6 is 0 Å². The first-order chi connectivity index (χ1) is 13.2. The Morgan fingerprint density at radius 3 is 2.59 bits per heavy atom. The Bertz CT molecular complexity index is 1060. The van der Waals surface area contributed by atoms with Crippen molar-refractivity contribution in [3.8, 4) is 11.3 Å². The van der Waals surface area contributed by atoms with Gasteiger partial charge in [0.25, 0.3) is 5.91 Å². The van der Waals surface area contributed by atoms with E-state index in [-0.39, 0.29) is 12.5 Å². The molecule has 2 aromatic carbocycles. The molecule has 0 saturated carbocycles. The van der Waals surface area contributed by atoms with Crippen molar-refractivity contribution in [1.29, 1.82) is 0 Å². The summed E-state index contributed by atoms with van der Waals surface area (Å²) in [5.41, 5.74) is 2.93. The van der Waals surface area contributed by atoms with Crippen LogP contribution in [0.1, 0.15) is 22.2 Å². The molecule has 27 heavy (non-hydrogen) atoms. The van der Waals surface area contributed by atoms with Crippen molar-refractivity contribution in [1.82, 2.24) is 10.3 Å². The van der Waals surface area contributed by atoms with Crippen molar-refractivity contribution >= 4 is 16.8 Å². The molecule has 2 heterocycles. The number of aliphatic hydroxyl groups is 1. The lowest BCUT2D eigenvalue weighted by molar-refractivity contribution is 0.0902. The molecule has 0 aliphatic rings. The normalized spacial score (nSPS) is 12.0. The van der Waals surface area contributed by atoms with Gasteiger partial charge >= 0.3 is 0 Å². The maximum Gasteiger partial charge on any atom is 0.252 e. The van der Waals surface area contributed by atoms with E-state index in [1.54, 1.807) is 18.2 Å². The minimum absolute atomic E-state index is 0.0592. The zero-order valence-corrected chi connectivity index (χ0v) is 14.5. The van der Waals surface area contributed by atoms with Gasteiger partial charge in [-0.25, -0.2) is 4.98 Å². The number of benzene rings is 2. The number of nitrogens with zero attached hydrogens (tertiary/aromatic N) is 1. The lowest BCUT2D eigenvalue weighted by atomic mass is 10.0. The molecular formula is C22H18N2O3. The number of hydrogen-bond donors (Lipinski definition) is 2.